The van der Waals surface area contributed by atoms with Gasteiger partial charge in [0.05, 0.1) is 18.9 Å². The summed E-state index contributed by atoms with van der Waals surface area (Å²) in [5.74, 6) is 0.0799. The smallest absolute Gasteiger partial charge is 0.339 e. The van der Waals surface area contributed by atoms with Gasteiger partial charge in [0.25, 0.3) is 0 Å². The second-order valence-corrected chi connectivity index (χ2v) is 4.87. The number of aromatic carboxylic acids is 1. The Kier molecular flexibility index (Phi) is 4.38. The van der Waals surface area contributed by atoms with Crippen molar-refractivity contribution in [1.82, 2.24) is 5.32 Å². The predicted molar refractivity (Wildman–Crippen MR) is 65.3 cm³/mol. The molecule has 1 aliphatic rings. The van der Waals surface area contributed by atoms with Crippen LogP contribution >= 0.6 is 0 Å². The Morgan fingerprint density at radius 1 is 1.39 bits per heavy atom. The Balaban J connectivity index is 1.75. The molecule has 0 saturated heterocycles. The minimum absolute atomic E-state index is 0.134. The minimum Gasteiger partial charge on any atom is -0.478 e. The van der Waals surface area contributed by atoms with Crippen molar-refractivity contribution in [2.24, 2.45) is 5.92 Å². The zero-order valence-electron chi connectivity index (χ0n) is 10.3. The van der Waals surface area contributed by atoms with Crippen LogP contribution in [0.3, 0.4) is 0 Å². The lowest BCUT2D eigenvalue weighted by Gasteiger charge is -2.25. The van der Waals surface area contributed by atoms with Gasteiger partial charge in [0.1, 0.15) is 11.3 Å². The molecule has 0 unspecified atom stereocenters. The third kappa shape index (κ3) is 3.34. The van der Waals surface area contributed by atoms with Gasteiger partial charge in [0, 0.05) is 0 Å². The van der Waals surface area contributed by atoms with E-state index < -0.39 is 5.97 Å². The van der Waals surface area contributed by atoms with E-state index in [2.05, 4.69) is 5.32 Å². The van der Waals surface area contributed by atoms with Gasteiger partial charge in [-0.05, 0) is 44.2 Å². The van der Waals surface area contributed by atoms with Gasteiger partial charge in [-0.2, -0.15) is 0 Å². The van der Waals surface area contributed by atoms with Crippen molar-refractivity contribution < 1.29 is 19.4 Å². The van der Waals surface area contributed by atoms with Crippen LogP contribution in [-0.4, -0.2) is 28.8 Å². The number of hydrogen-bond acceptors (Lipinski definition) is 4. The van der Waals surface area contributed by atoms with E-state index in [1.807, 2.05) is 0 Å². The molecule has 0 aromatic carbocycles. The summed E-state index contributed by atoms with van der Waals surface area (Å²) in [7, 11) is 0. The third-order valence-corrected chi connectivity index (χ3v) is 3.51. The SMILES string of the molecule is O=C(O)c1ccoc1CNCC1CCC(O)CC1. The highest BCUT2D eigenvalue weighted by molar-refractivity contribution is 5.88. The molecule has 0 aliphatic heterocycles. The first-order chi connectivity index (χ1) is 8.66. The number of carboxylic acid groups (broad SMARTS) is 1. The van der Waals surface area contributed by atoms with Crippen LogP contribution in [0.1, 0.15) is 41.8 Å². The van der Waals surface area contributed by atoms with Gasteiger partial charge in [-0.25, -0.2) is 4.79 Å². The number of aliphatic hydroxyl groups excluding tert-OH is 1. The van der Waals surface area contributed by atoms with Crippen molar-refractivity contribution in [3.05, 3.63) is 23.7 Å². The normalized spacial score (nSPS) is 24.1. The van der Waals surface area contributed by atoms with Crippen LogP contribution < -0.4 is 5.32 Å². The van der Waals surface area contributed by atoms with Gasteiger partial charge in [0.2, 0.25) is 0 Å². The molecule has 2 rings (SSSR count). The molecule has 5 nitrogen and oxygen atoms in total. The molecule has 0 radical (unpaired) electrons. The van der Waals surface area contributed by atoms with E-state index in [1.54, 1.807) is 0 Å². The molecule has 1 aromatic heterocycles. The summed E-state index contributed by atoms with van der Waals surface area (Å²) < 4.78 is 5.15. The van der Waals surface area contributed by atoms with Crippen LogP contribution in [-0.2, 0) is 6.54 Å². The van der Waals surface area contributed by atoms with Gasteiger partial charge >= 0.3 is 5.97 Å². The summed E-state index contributed by atoms with van der Waals surface area (Å²) in [6.45, 7) is 1.28. The Labute approximate surface area is 106 Å². The highest BCUT2D eigenvalue weighted by atomic mass is 16.4. The van der Waals surface area contributed by atoms with Crippen molar-refractivity contribution in [3.8, 4) is 0 Å². The zero-order valence-corrected chi connectivity index (χ0v) is 10.3. The van der Waals surface area contributed by atoms with E-state index in [-0.39, 0.29) is 11.7 Å². The molecular weight excluding hydrogens is 234 g/mol. The minimum atomic E-state index is -0.957. The molecule has 1 aliphatic carbocycles. The predicted octanol–water partition coefficient (Wildman–Crippen LogP) is 1.62. The largest absolute Gasteiger partial charge is 0.478 e. The molecule has 3 N–H and O–H groups in total. The average molecular weight is 253 g/mol. The molecule has 0 amide bonds. The average Bonchev–Trinajstić information content (AvgIpc) is 2.80. The van der Waals surface area contributed by atoms with Crippen LogP contribution in [0.4, 0.5) is 0 Å². The molecule has 100 valence electrons. The Bertz CT molecular complexity index is 393. The fourth-order valence-corrected chi connectivity index (χ4v) is 2.41. The number of carboxylic acids is 1. The number of aliphatic hydroxyl groups is 1. The summed E-state index contributed by atoms with van der Waals surface area (Å²) in [6.07, 6.45) is 5.05. The van der Waals surface area contributed by atoms with Gasteiger partial charge in [-0.15, -0.1) is 0 Å². The van der Waals surface area contributed by atoms with Crippen LogP contribution in [0.5, 0.6) is 0 Å². The molecule has 1 saturated carbocycles. The quantitative estimate of drug-likeness (QED) is 0.742. The summed E-state index contributed by atoms with van der Waals surface area (Å²) in [6, 6.07) is 1.47. The van der Waals surface area contributed by atoms with E-state index in [0.717, 1.165) is 32.2 Å². The molecule has 0 bridgehead atoms. The molecular formula is C13H19NO4. The molecule has 1 fully saturated rings. The van der Waals surface area contributed by atoms with Crippen molar-refractivity contribution in [1.29, 1.82) is 0 Å². The van der Waals surface area contributed by atoms with Gasteiger partial charge < -0.3 is 19.9 Å². The van der Waals surface area contributed by atoms with E-state index in [4.69, 9.17) is 9.52 Å². The number of hydrogen-bond donors (Lipinski definition) is 3. The van der Waals surface area contributed by atoms with E-state index >= 15 is 0 Å². The van der Waals surface area contributed by atoms with Crippen LogP contribution in [0.25, 0.3) is 0 Å². The maximum atomic E-state index is 10.9. The fraction of sp³-hybridized carbons (Fsp3) is 0.615. The van der Waals surface area contributed by atoms with Crippen molar-refractivity contribution in [3.63, 3.8) is 0 Å². The number of rotatable bonds is 5. The van der Waals surface area contributed by atoms with Crippen LogP contribution in [0, 0.1) is 5.92 Å². The second kappa shape index (κ2) is 6.02. The molecule has 1 aromatic rings. The molecule has 0 atom stereocenters. The molecule has 5 heteroatoms. The molecule has 0 spiro atoms. The topological polar surface area (TPSA) is 82.7 Å². The number of carbonyl (C=O) groups is 1. The summed E-state index contributed by atoms with van der Waals surface area (Å²) in [4.78, 5) is 10.9. The standard InChI is InChI=1S/C13H19NO4/c15-10-3-1-9(2-4-10)7-14-8-12-11(13(16)17)5-6-18-12/h5-6,9-10,14-15H,1-4,7-8H2,(H,16,17). The molecule has 18 heavy (non-hydrogen) atoms. The van der Waals surface area contributed by atoms with Gasteiger partial charge in [-0.1, -0.05) is 0 Å². The van der Waals surface area contributed by atoms with Gasteiger partial charge in [0.15, 0.2) is 0 Å². The number of nitrogens with one attached hydrogen (secondary N) is 1. The van der Waals surface area contributed by atoms with E-state index in [9.17, 15) is 9.90 Å². The Hall–Kier alpha value is -1.33. The maximum Gasteiger partial charge on any atom is 0.339 e. The van der Waals surface area contributed by atoms with Crippen LogP contribution in [0.15, 0.2) is 16.7 Å². The summed E-state index contributed by atoms with van der Waals surface area (Å²) >= 11 is 0. The first-order valence-electron chi connectivity index (χ1n) is 6.35. The zero-order chi connectivity index (χ0) is 13.0. The fourth-order valence-electron chi connectivity index (χ4n) is 2.41. The highest BCUT2D eigenvalue weighted by Crippen LogP contribution is 2.23. The lowest BCUT2D eigenvalue weighted by Crippen LogP contribution is -2.28. The highest BCUT2D eigenvalue weighted by Gasteiger charge is 2.19. The maximum absolute atomic E-state index is 10.9. The van der Waals surface area contributed by atoms with E-state index in [0.29, 0.717) is 18.2 Å². The lowest BCUT2D eigenvalue weighted by molar-refractivity contribution is 0.0694. The Morgan fingerprint density at radius 3 is 2.78 bits per heavy atom. The second-order valence-electron chi connectivity index (χ2n) is 4.87. The molecule has 1 heterocycles. The third-order valence-electron chi connectivity index (χ3n) is 3.51. The van der Waals surface area contributed by atoms with Gasteiger partial charge in [-0.3, -0.25) is 0 Å². The number of furan rings is 1. The van der Waals surface area contributed by atoms with Crippen molar-refractivity contribution in [2.75, 3.05) is 6.54 Å². The first-order valence-corrected chi connectivity index (χ1v) is 6.35. The summed E-state index contributed by atoms with van der Waals surface area (Å²) in [5, 5.41) is 21.5. The van der Waals surface area contributed by atoms with Crippen molar-refractivity contribution in [2.45, 2.75) is 38.3 Å². The van der Waals surface area contributed by atoms with E-state index in [1.165, 1.54) is 12.3 Å². The first kappa shape index (κ1) is 13.1. The Morgan fingerprint density at radius 2 is 2.11 bits per heavy atom. The lowest BCUT2D eigenvalue weighted by atomic mass is 9.87. The monoisotopic (exact) mass is 253 g/mol. The van der Waals surface area contributed by atoms with Crippen LogP contribution in [0.2, 0.25) is 0 Å². The van der Waals surface area contributed by atoms with Crippen molar-refractivity contribution >= 4 is 5.97 Å². The summed E-state index contributed by atoms with van der Waals surface area (Å²) in [5.41, 5.74) is 0.224.